The SMILES string of the molecule is CCC(=O)OC1C(=O)c2cccc(OC(C)=O)c2C1=O. The van der Waals surface area contributed by atoms with E-state index in [1.165, 1.54) is 25.1 Å². The first-order valence-corrected chi connectivity index (χ1v) is 6.05. The maximum Gasteiger partial charge on any atom is 0.308 e. The summed E-state index contributed by atoms with van der Waals surface area (Å²) in [4.78, 5) is 46.5. The van der Waals surface area contributed by atoms with Gasteiger partial charge in [0.25, 0.3) is 0 Å². The topological polar surface area (TPSA) is 86.7 Å². The van der Waals surface area contributed by atoms with Crippen LogP contribution in [0.2, 0.25) is 0 Å². The van der Waals surface area contributed by atoms with Crippen molar-refractivity contribution in [1.82, 2.24) is 0 Å². The summed E-state index contributed by atoms with van der Waals surface area (Å²) in [5, 5.41) is 0. The fraction of sp³-hybridized carbons (Fsp3) is 0.286. The Balaban J connectivity index is 2.41. The molecule has 6 nitrogen and oxygen atoms in total. The maximum absolute atomic E-state index is 12.2. The quantitative estimate of drug-likeness (QED) is 0.470. The average molecular weight is 276 g/mol. The Morgan fingerprint density at radius 1 is 1.20 bits per heavy atom. The van der Waals surface area contributed by atoms with Crippen LogP contribution in [0.4, 0.5) is 0 Å². The predicted octanol–water partition coefficient (Wildman–Crippen LogP) is 1.31. The third-order valence-corrected chi connectivity index (χ3v) is 2.81. The summed E-state index contributed by atoms with van der Waals surface area (Å²) in [6.45, 7) is 2.75. The Hall–Kier alpha value is -2.50. The van der Waals surface area contributed by atoms with E-state index in [-0.39, 0.29) is 23.3 Å². The van der Waals surface area contributed by atoms with Crippen LogP contribution >= 0.6 is 0 Å². The van der Waals surface area contributed by atoms with Crippen LogP contribution in [0.5, 0.6) is 5.75 Å². The Morgan fingerprint density at radius 2 is 1.90 bits per heavy atom. The molecule has 0 aliphatic heterocycles. The molecule has 0 amide bonds. The van der Waals surface area contributed by atoms with Gasteiger partial charge in [0.2, 0.25) is 17.7 Å². The lowest BCUT2D eigenvalue weighted by Crippen LogP contribution is -2.28. The van der Waals surface area contributed by atoms with Crippen molar-refractivity contribution in [1.29, 1.82) is 0 Å². The number of carbonyl (C=O) groups excluding carboxylic acids is 4. The molecule has 1 aliphatic carbocycles. The fourth-order valence-corrected chi connectivity index (χ4v) is 1.94. The first kappa shape index (κ1) is 13.9. The van der Waals surface area contributed by atoms with Crippen LogP contribution in [0.3, 0.4) is 0 Å². The van der Waals surface area contributed by atoms with Crippen molar-refractivity contribution in [2.75, 3.05) is 0 Å². The summed E-state index contributed by atoms with van der Waals surface area (Å²) in [7, 11) is 0. The molecule has 104 valence electrons. The van der Waals surface area contributed by atoms with Crippen LogP contribution in [-0.4, -0.2) is 29.6 Å². The molecule has 6 heteroatoms. The third-order valence-electron chi connectivity index (χ3n) is 2.81. The van der Waals surface area contributed by atoms with Crippen molar-refractivity contribution >= 4 is 23.5 Å². The van der Waals surface area contributed by atoms with Crippen LogP contribution in [0.15, 0.2) is 18.2 Å². The van der Waals surface area contributed by atoms with E-state index >= 15 is 0 Å². The molecule has 1 aliphatic rings. The summed E-state index contributed by atoms with van der Waals surface area (Å²) in [6.07, 6.45) is -1.42. The number of esters is 2. The van der Waals surface area contributed by atoms with Crippen molar-refractivity contribution in [2.45, 2.75) is 26.4 Å². The zero-order valence-electron chi connectivity index (χ0n) is 11.0. The highest BCUT2D eigenvalue weighted by atomic mass is 16.6. The fourth-order valence-electron chi connectivity index (χ4n) is 1.94. The van der Waals surface area contributed by atoms with Gasteiger partial charge >= 0.3 is 11.9 Å². The molecule has 1 unspecified atom stereocenters. The molecule has 0 N–H and O–H groups in total. The highest BCUT2D eigenvalue weighted by Gasteiger charge is 2.43. The lowest BCUT2D eigenvalue weighted by Gasteiger charge is -2.08. The monoisotopic (exact) mass is 276 g/mol. The smallest absolute Gasteiger partial charge is 0.308 e. The van der Waals surface area contributed by atoms with E-state index in [0.29, 0.717) is 0 Å². The minimum Gasteiger partial charge on any atom is -0.445 e. The molecule has 0 bridgehead atoms. The summed E-state index contributed by atoms with van der Waals surface area (Å²) in [6, 6.07) is 4.34. The van der Waals surface area contributed by atoms with Gasteiger partial charge in [-0.25, -0.2) is 0 Å². The van der Waals surface area contributed by atoms with E-state index in [9.17, 15) is 19.2 Å². The Labute approximate surface area is 114 Å². The van der Waals surface area contributed by atoms with Gasteiger partial charge in [0.05, 0.1) is 5.56 Å². The lowest BCUT2D eigenvalue weighted by atomic mass is 10.1. The van der Waals surface area contributed by atoms with Gasteiger partial charge in [-0.05, 0) is 6.07 Å². The zero-order chi connectivity index (χ0) is 14.9. The van der Waals surface area contributed by atoms with Gasteiger partial charge in [0.15, 0.2) is 0 Å². The maximum atomic E-state index is 12.2. The van der Waals surface area contributed by atoms with E-state index in [0.717, 1.165) is 0 Å². The Bertz CT molecular complexity index is 616. The van der Waals surface area contributed by atoms with Crippen molar-refractivity contribution in [2.24, 2.45) is 0 Å². The standard InChI is InChI=1S/C14H12O6/c1-3-10(16)20-14-12(17)8-5-4-6-9(19-7(2)15)11(8)13(14)18/h4-6,14H,3H2,1-2H3. The predicted molar refractivity (Wildman–Crippen MR) is 66.6 cm³/mol. The van der Waals surface area contributed by atoms with Gasteiger partial charge in [0.1, 0.15) is 5.75 Å². The van der Waals surface area contributed by atoms with Gasteiger partial charge < -0.3 is 9.47 Å². The second-order valence-corrected chi connectivity index (χ2v) is 4.22. The molecule has 2 rings (SSSR count). The van der Waals surface area contributed by atoms with Crippen LogP contribution in [-0.2, 0) is 14.3 Å². The molecule has 1 aromatic rings. The molecular formula is C14H12O6. The average Bonchev–Trinajstić information content (AvgIpc) is 2.64. The number of fused-ring (bicyclic) bond motifs is 1. The van der Waals surface area contributed by atoms with Crippen molar-refractivity contribution in [3.63, 3.8) is 0 Å². The molecule has 1 atom stereocenters. The normalized spacial score (nSPS) is 16.8. The first-order chi connectivity index (χ1) is 9.45. The molecule has 0 saturated carbocycles. The molecule has 1 aromatic carbocycles. The molecular weight excluding hydrogens is 264 g/mol. The third kappa shape index (κ3) is 2.32. The van der Waals surface area contributed by atoms with Crippen LogP contribution in [0.25, 0.3) is 0 Å². The molecule has 0 spiro atoms. The van der Waals surface area contributed by atoms with Gasteiger partial charge in [-0.1, -0.05) is 19.1 Å². The van der Waals surface area contributed by atoms with E-state index in [2.05, 4.69) is 0 Å². The highest BCUT2D eigenvalue weighted by Crippen LogP contribution is 2.32. The number of ether oxygens (including phenoxy) is 2. The number of Topliss-reactive ketones (excluding diaryl/α,β-unsaturated/α-hetero) is 2. The Morgan fingerprint density at radius 3 is 2.50 bits per heavy atom. The largest absolute Gasteiger partial charge is 0.445 e. The Kier molecular flexibility index (Phi) is 3.65. The minimum atomic E-state index is -1.48. The summed E-state index contributed by atoms with van der Waals surface area (Å²) >= 11 is 0. The van der Waals surface area contributed by atoms with Gasteiger partial charge in [-0.15, -0.1) is 0 Å². The van der Waals surface area contributed by atoms with E-state index in [1.54, 1.807) is 6.92 Å². The minimum absolute atomic E-state index is 0.00315. The number of ketones is 2. The molecule has 0 aromatic heterocycles. The lowest BCUT2D eigenvalue weighted by molar-refractivity contribution is -0.144. The zero-order valence-corrected chi connectivity index (χ0v) is 11.0. The molecule has 0 fully saturated rings. The summed E-state index contributed by atoms with van der Waals surface area (Å²) in [5.41, 5.74) is 0.0873. The second-order valence-electron chi connectivity index (χ2n) is 4.22. The van der Waals surface area contributed by atoms with Gasteiger partial charge in [0, 0.05) is 18.9 Å². The van der Waals surface area contributed by atoms with Crippen molar-refractivity contribution in [3.8, 4) is 5.75 Å². The molecule has 20 heavy (non-hydrogen) atoms. The van der Waals surface area contributed by atoms with E-state index in [1.807, 2.05) is 0 Å². The first-order valence-electron chi connectivity index (χ1n) is 6.05. The van der Waals surface area contributed by atoms with Crippen LogP contribution in [0, 0.1) is 0 Å². The summed E-state index contributed by atoms with van der Waals surface area (Å²) in [5.74, 6) is -2.50. The summed E-state index contributed by atoms with van der Waals surface area (Å²) < 4.78 is 9.75. The number of carbonyl (C=O) groups is 4. The second kappa shape index (κ2) is 5.24. The van der Waals surface area contributed by atoms with E-state index in [4.69, 9.17) is 9.47 Å². The molecule has 0 saturated heterocycles. The molecule has 0 radical (unpaired) electrons. The highest BCUT2D eigenvalue weighted by molar-refractivity contribution is 6.30. The molecule has 0 heterocycles. The van der Waals surface area contributed by atoms with Crippen molar-refractivity contribution in [3.05, 3.63) is 29.3 Å². The number of hydrogen-bond donors (Lipinski definition) is 0. The van der Waals surface area contributed by atoms with Crippen LogP contribution < -0.4 is 4.74 Å². The number of hydrogen-bond acceptors (Lipinski definition) is 6. The van der Waals surface area contributed by atoms with Crippen LogP contribution in [0.1, 0.15) is 41.0 Å². The van der Waals surface area contributed by atoms with E-state index < -0.39 is 29.6 Å². The number of benzene rings is 1. The van der Waals surface area contributed by atoms with Crippen molar-refractivity contribution < 1.29 is 28.7 Å². The number of rotatable bonds is 3. The van der Waals surface area contributed by atoms with Gasteiger partial charge in [-0.3, -0.25) is 19.2 Å². The van der Waals surface area contributed by atoms with Gasteiger partial charge in [-0.2, -0.15) is 0 Å².